The van der Waals surface area contributed by atoms with E-state index in [9.17, 15) is 4.79 Å². The van der Waals surface area contributed by atoms with E-state index in [4.69, 9.17) is 16.7 Å². The lowest BCUT2D eigenvalue weighted by atomic mass is 10.2. The summed E-state index contributed by atoms with van der Waals surface area (Å²) < 4.78 is 0. The predicted molar refractivity (Wildman–Crippen MR) is 41.0 cm³/mol. The van der Waals surface area contributed by atoms with Crippen LogP contribution < -0.4 is 0 Å². The molecule has 0 saturated carbocycles. The van der Waals surface area contributed by atoms with Crippen molar-refractivity contribution in [1.29, 1.82) is 0 Å². The van der Waals surface area contributed by atoms with Crippen LogP contribution in [0.25, 0.3) is 0 Å². The summed E-state index contributed by atoms with van der Waals surface area (Å²) in [7, 11) is 0. The van der Waals surface area contributed by atoms with Crippen molar-refractivity contribution in [3.05, 3.63) is 22.8 Å². The molecule has 0 aromatic carbocycles. The minimum atomic E-state index is -0.919. The second-order valence-electron chi connectivity index (χ2n) is 1.99. The fourth-order valence-corrected chi connectivity index (χ4v) is 0.498. The SMILES string of the molecule is CC(=CCl)C=C(C)C(=O)O. The lowest BCUT2D eigenvalue weighted by Crippen LogP contribution is -1.95. The number of halogens is 1. The lowest BCUT2D eigenvalue weighted by molar-refractivity contribution is -0.132. The van der Waals surface area contributed by atoms with Gasteiger partial charge in [-0.2, -0.15) is 0 Å². The molecule has 0 rings (SSSR count). The number of rotatable bonds is 2. The first-order chi connectivity index (χ1) is 4.57. The van der Waals surface area contributed by atoms with Crippen LogP contribution in [0.4, 0.5) is 0 Å². The van der Waals surface area contributed by atoms with Gasteiger partial charge in [-0.1, -0.05) is 11.6 Å². The van der Waals surface area contributed by atoms with Crippen LogP contribution in [0.15, 0.2) is 22.8 Å². The van der Waals surface area contributed by atoms with Gasteiger partial charge in [-0.15, -0.1) is 0 Å². The quantitative estimate of drug-likeness (QED) is 0.497. The maximum absolute atomic E-state index is 10.2. The van der Waals surface area contributed by atoms with E-state index in [1.807, 2.05) is 0 Å². The summed E-state index contributed by atoms with van der Waals surface area (Å²) in [5.74, 6) is -0.919. The first kappa shape index (κ1) is 9.24. The highest BCUT2D eigenvalue weighted by molar-refractivity contribution is 6.25. The average Bonchev–Trinajstić information content (AvgIpc) is 1.87. The molecule has 0 aromatic heterocycles. The monoisotopic (exact) mass is 160 g/mol. The van der Waals surface area contributed by atoms with E-state index in [2.05, 4.69) is 0 Å². The third kappa shape index (κ3) is 3.30. The standard InChI is InChI=1S/C7H9ClO2/c1-5(4-8)3-6(2)7(9)10/h3-4H,1-2H3,(H,9,10). The largest absolute Gasteiger partial charge is 0.478 e. The molecule has 0 fully saturated rings. The zero-order chi connectivity index (χ0) is 8.15. The summed E-state index contributed by atoms with van der Waals surface area (Å²) >= 11 is 5.30. The summed E-state index contributed by atoms with van der Waals surface area (Å²) in [5.41, 5.74) is 2.36. The van der Waals surface area contributed by atoms with Gasteiger partial charge in [0.15, 0.2) is 0 Å². The predicted octanol–water partition coefficient (Wildman–Crippen LogP) is 2.16. The third-order valence-electron chi connectivity index (χ3n) is 0.954. The Morgan fingerprint density at radius 2 is 2.00 bits per heavy atom. The highest BCUT2D eigenvalue weighted by atomic mass is 35.5. The van der Waals surface area contributed by atoms with Crippen molar-refractivity contribution in [2.24, 2.45) is 0 Å². The van der Waals surface area contributed by atoms with Crippen molar-refractivity contribution in [2.45, 2.75) is 13.8 Å². The molecular weight excluding hydrogens is 152 g/mol. The smallest absolute Gasteiger partial charge is 0.331 e. The van der Waals surface area contributed by atoms with E-state index < -0.39 is 5.97 Å². The molecule has 0 aromatic rings. The molecule has 0 radical (unpaired) electrons. The van der Waals surface area contributed by atoms with Gasteiger partial charge in [0.1, 0.15) is 0 Å². The van der Waals surface area contributed by atoms with E-state index in [0.717, 1.165) is 5.57 Å². The van der Waals surface area contributed by atoms with Gasteiger partial charge in [0.2, 0.25) is 0 Å². The zero-order valence-electron chi connectivity index (χ0n) is 5.89. The summed E-state index contributed by atoms with van der Waals surface area (Å²) in [6.45, 7) is 3.26. The highest BCUT2D eigenvalue weighted by Gasteiger charge is 1.97. The molecule has 0 saturated heterocycles. The Morgan fingerprint density at radius 1 is 1.50 bits per heavy atom. The molecule has 3 heteroatoms. The number of hydrogen-bond donors (Lipinski definition) is 1. The molecule has 1 N–H and O–H groups in total. The molecule has 0 bridgehead atoms. The Bertz CT molecular complexity index is 192. The fraction of sp³-hybridized carbons (Fsp3) is 0.286. The molecule has 0 unspecified atom stereocenters. The average molecular weight is 161 g/mol. The van der Waals surface area contributed by atoms with Gasteiger partial charge in [0.25, 0.3) is 0 Å². The van der Waals surface area contributed by atoms with Crippen molar-refractivity contribution in [2.75, 3.05) is 0 Å². The van der Waals surface area contributed by atoms with Crippen LogP contribution in [0.3, 0.4) is 0 Å². The Labute approximate surface area is 64.8 Å². The first-order valence-corrected chi connectivity index (χ1v) is 3.20. The van der Waals surface area contributed by atoms with E-state index >= 15 is 0 Å². The van der Waals surface area contributed by atoms with Gasteiger partial charge in [0.05, 0.1) is 0 Å². The van der Waals surface area contributed by atoms with Crippen LogP contribution in [0.2, 0.25) is 0 Å². The molecule has 0 aliphatic rings. The molecule has 0 amide bonds. The van der Waals surface area contributed by atoms with Crippen LogP contribution in [0.5, 0.6) is 0 Å². The van der Waals surface area contributed by atoms with Gasteiger partial charge in [-0.3, -0.25) is 0 Å². The Balaban J connectivity index is 4.31. The maximum atomic E-state index is 10.2. The number of aliphatic carboxylic acids is 1. The molecule has 10 heavy (non-hydrogen) atoms. The minimum absolute atomic E-state index is 0.286. The van der Waals surface area contributed by atoms with Crippen molar-refractivity contribution in [1.82, 2.24) is 0 Å². The number of allylic oxidation sites excluding steroid dienone is 2. The topological polar surface area (TPSA) is 37.3 Å². The molecular formula is C7H9ClO2. The second kappa shape index (κ2) is 4.12. The van der Waals surface area contributed by atoms with Gasteiger partial charge < -0.3 is 5.11 Å². The van der Waals surface area contributed by atoms with Crippen LogP contribution in [0.1, 0.15) is 13.8 Å². The molecule has 0 heterocycles. The van der Waals surface area contributed by atoms with E-state index in [1.54, 1.807) is 6.92 Å². The Kier molecular flexibility index (Phi) is 3.81. The number of hydrogen-bond acceptors (Lipinski definition) is 1. The molecule has 2 nitrogen and oxygen atoms in total. The number of carboxylic acid groups (broad SMARTS) is 1. The van der Waals surface area contributed by atoms with Crippen LogP contribution in [0, 0.1) is 0 Å². The molecule has 0 atom stereocenters. The first-order valence-electron chi connectivity index (χ1n) is 2.76. The molecule has 0 aliphatic heterocycles. The van der Waals surface area contributed by atoms with E-state index in [-0.39, 0.29) is 5.57 Å². The molecule has 0 spiro atoms. The molecule has 0 aliphatic carbocycles. The third-order valence-corrected chi connectivity index (χ3v) is 1.30. The normalized spacial score (nSPS) is 13.5. The van der Waals surface area contributed by atoms with Crippen molar-refractivity contribution < 1.29 is 9.90 Å². The van der Waals surface area contributed by atoms with Gasteiger partial charge in [-0.05, 0) is 25.5 Å². The second-order valence-corrected chi connectivity index (χ2v) is 2.20. The highest BCUT2D eigenvalue weighted by Crippen LogP contribution is 2.02. The maximum Gasteiger partial charge on any atom is 0.331 e. The lowest BCUT2D eigenvalue weighted by Gasteiger charge is -1.91. The van der Waals surface area contributed by atoms with Gasteiger partial charge in [-0.25, -0.2) is 4.79 Å². The fourth-order valence-electron chi connectivity index (χ4n) is 0.435. The minimum Gasteiger partial charge on any atom is -0.478 e. The van der Waals surface area contributed by atoms with Crippen LogP contribution in [-0.2, 0) is 4.79 Å². The number of carboxylic acids is 1. The molecule has 56 valence electrons. The summed E-state index contributed by atoms with van der Waals surface area (Å²) in [6.07, 6.45) is 1.51. The van der Waals surface area contributed by atoms with E-state index in [0.29, 0.717) is 0 Å². The Morgan fingerprint density at radius 3 is 2.30 bits per heavy atom. The van der Waals surface area contributed by atoms with Gasteiger partial charge >= 0.3 is 5.97 Å². The van der Waals surface area contributed by atoms with Crippen LogP contribution in [-0.4, -0.2) is 11.1 Å². The van der Waals surface area contributed by atoms with Crippen molar-refractivity contribution in [3.8, 4) is 0 Å². The van der Waals surface area contributed by atoms with Crippen molar-refractivity contribution >= 4 is 17.6 Å². The van der Waals surface area contributed by atoms with Crippen LogP contribution >= 0.6 is 11.6 Å². The number of carbonyl (C=O) groups is 1. The summed E-state index contributed by atoms with van der Waals surface area (Å²) in [5, 5.41) is 8.39. The summed E-state index contributed by atoms with van der Waals surface area (Å²) in [4.78, 5) is 10.2. The zero-order valence-corrected chi connectivity index (χ0v) is 6.64. The summed E-state index contributed by atoms with van der Waals surface area (Å²) in [6, 6.07) is 0. The Hall–Kier alpha value is -0.760. The van der Waals surface area contributed by atoms with E-state index in [1.165, 1.54) is 18.5 Å². The van der Waals surface area contributed by atoms with Gasteiger partial charge in [0, 0.05) is 11.1 Å². The van der Waals surface area contributed by atoms with Crippen molar-refractivity contribution in [3.63, 3.8) is 0 Å².